The predicted octanol–water partition coefficient (Wildman–Crippen LogP) is 12.0. The normalized spacial score (nSPS) is 13.7. The standard InChI is InChI=1S/C23H19ClN6O3.C23H23ClN4O5.C22H20ClFN4O4.C22H19N7O3/c1-15-26-27-21(33-15)13-28-12-16-5-2-3-6-20(16)29(14-22(28)31)23(32)18-8-7-17(11-19(18)24)30-10-4-9-25-30;1-2-20-25-26-21(33-20)13-27-12-15-5-3-4-6-19(15)28(14-22(27)30)23(31)17-8-7-16(11-18(17)24)32-10-9-29;1-14-25-26-20(32-14)12-27-11-15-4-2-3-5-19(15)28(13-21(27)29)22(30)17-7-6-16(10-18(17)23)31-9-8-24;1-15-25-26-20(32-15)13-27-12-17-5-2-3-6-18(17)28(14-21(27)30)22(31)16-7-8-19(23-11-16)29-10-4-9-24-29/h2-11H,12-14H2,1H3;3-8,11,29H,2,9-10,12-14H2,1H3;2-7,10H,8-9,11-13H2,1H3;2-11H,12-14H2,1H3. The lowest BCUT2D eigenvalue weighted by Gasteiger charge is -2.23. The van der Waals surface area contributed by atoms with Gasteiger partial charge in [-0.25, -0.2) is 18.7 Å². The van der Waals surface area contributed by atoms with E-state index in [9.17, 15) is 42.7 Å². The number of pyridine rings is 1. The minimum absolute atomic E-state index is 0.104. The van der Waals surface area contributed by atoms with Crippen LogP contribution in [0, 0.1) is 20.8 Å². The van der Waals surface area contributed by atoms with Crippen LogP contribution in [0.15, 0.2) is 225 Å². The zero-order chi connectivity index (χ0) is 91.1. The van der Waals surface area contributed by atoms with Gasteiger partial charge in [0, 0.05) is 107 Å². The zero-order valence-electron chi connectivity index (χ0n) is 70.2. The molecule has 0 radical (unpaired) electrons. The second-order valence-corrected chi connectivity index (χ2v) is 30.8. The van der Waals surface area contributed by atoms with Crippen LogP contribution in [0.25, 0.3) is 11.5 Å². The van der Waals surface area contributed by atoms with E-state index in [4.69, 9.17) is 67.1 Å². The Bertz CT molecular complexity index is 6450. The molecular weight excluding hydrogens is 1740 g/mol. The number of carbonyl (C=O) groups excluding carboxylic acids is 8. The number of aliphatic hydroxyl groups excluding tert-OH is 1. The van der Waals surface area contributed by atoms with Crippen LogP contribution < -0.4 is 29.1 Å². The fourth-order valence-corrected chi connectivity index (χ4v) is 15.2. The number of aliphatic hydroxyl groups is 1. The van der Waals surface area contributed by atoms with Crippen LogP contribution in [0.3, 0.4) is 0 Å². The number of fused-ring (bicyclic) bond motifs is 4. The fourth-order valence-electron chi connectivity index (χ4n) is 14.5. The third kappa shape index (κ3) is 21.2. The first-order chi connectivity index (χ1) is 63.0. The number of hydrogen-bond donors (Lipinski definition) is 1. The number of hydrogen-bond acceptors (Lipinski definition) is 26. The molecule has 130 heavy (non-hydrogen) atoms. The number of ether oxygens (including phenoxy) is 2. The molecule has 0 bridgehead atoms. The van der Waals surface area contributed by atoms with Crippen molar-refractivity contribution in [1.29, 1.82) is 0 Å². The molecule has 7 aromatic carbocycles. The highest BCUT2D eigenvalue weighted by molar-refractivity contribution is 6.36. The first-order valence-electron chi connectivity index (χ1n) is 40.7. The molecule has 0 saturated heterocycles. The minimum atomic E-state index is -0.634. The van der Waals surface area contributed by atoms with Gasteiger partial charge in [-0.1, -0.05) is 115 Å². The summed E-state index contributed by atoms with van der Waals surface area (Å²) >= 11 is 19.2. The number of aryl methyl sites for hydroxylation is 4. The number of para-hydroxylation sites is 4. The van der Waals surface area contributed by atoms with E-state index in [1.54, 1.807) is 153 Å². The first kappa shape index (κ1) is 89.6. The largest absolute Gasteiger partial charge is 0.491 e. The SMILES string of the molecule is CCc1nnc(CN2Cc3ccccc3N(C(=O)c3ccc(OCCO)cc3Cl)CC2=O)o1.Cc1nnc(CN2Cc3ccccc3N(C(=O)c3ccc(-n4cccn4)cc3Cl)CC2=O)o1.Cc1nnc(CN2Cc3ccccc3N(C(=O)c3ccc(-n4cccn4)nc3)CC2=O)o1.Cc1nnc(CN2Cc3ccccc3N(C(=O)c3ccc(OCCF)cc3Cl)CC2=O)o1. The third-order valence-corrected chi connectivity index (χ3v) is 21.6. The van der Waals surface area contributed by atoms with E-state index in [1.807, 2.05) is 85.8 Å². The minimum Gasteiger partial charge on any atom is -0.491 e. The zero-order valence-corrected chi connectivity index (χ0v) is 72.5. The number of amides is 8. The van der Waals surface area contributed by atoms with Crippen LogP contribution in [0.5, 0.6) is 11.5 Å². The predicted molar refractivity (Wildman–Crippen MR) is 467 cm³/mol. The average molecular weight is 1820 g/mol. The molecule has 11 heterocycles. The number of alkyl halides is 1. The Morgan fingerprint density at radius 3 is 1.11 bits per heavy atom. The number of anilines is 4. The van der Waals surface area contributed by atoms with Crippen molar-refractivity contribution in [2.75, 3.05) is 72.3 Å². The number of benzene rings is 7. The number of nitrogens with zero attached hydrogens (tertiary/aromatic N) is 21. The Morgan fingerprint density at radius 2 is 0.769 bits per heavy atom. The highest BCUT2D eigenvalue weighted by atomic mass is 35.5. The molecule has 40 heteroatoms. The lowest BCUT2D eigenvalue weighted by Crippen LogP contribution is -2.40. The summed E-state index contributed by atoms with van der Waals surface area (Å²) in [5.41, 5.74) is 7.75. The second-order valence-electron chi connectivity index (χ2n) is 29.5. The Kier molecular flexibility index (Phi) is 28.3. The Balaban J connectivity index is 0.000000133. The fraction of sp³-hybridized carbons (Fsp3) is 0.233. The monoisotopic (exact) mass is 1820 g/mol. The summed E-state index contributed by atoms with van der Waals surface area (Å²) in [7, 11) is 0. The van der Waals surface area contributed by atoms with Gasteiger partial charge in [-0.3, -0.25) is 58.0 Å². The van der Waals surface area contributed by atoms with Crippen LogP contribution in [0.2, 0.25) is 15.1 Å². The third-order valence-electron chi connectivity index (χ3n) is 20.7. The molecule has 8 amide bonds. The van der Waals surface area contributed by atoms with E-state index in [-0.39, 0.29) is 140 Å². The van der Waals surface area contributed by atoms with Crippen molar-refractivity contribution in [1.82, 2.24) is 84.9 Å². The van der Waals surface area contributed by atoms with E-state index in [0.717, 1.165) is 27.9 Å². The molecule has 18 rings (SSSR count). The molecule has 0 atom stereocenters. The maximum Gasteiger partial charge on any atom is 0.260 e. The molecule has 1 N–H and O–H groups in total. The van der Waals surface area contributed by atoms with E-state index < -0.39 is 18.5 Å². The molecule has 0 spiro atoms. The van der Waals surface area contributed by atoms with Crippen molar-refractivity contribution in [3.63, 3.8) is 0 Å². The van der Waals surface area contributed by atoms with Gasteiger partial charge < -0.3 is 51.8 Å². The molecule has 664 valence electrons. The summed E-state index contributed by atoms with van der Waals surface area (Å²) in [4.78, 5) is 123. The maximum absolute atomic E-state index is 13.6. The lowest BCUT2D eigenvalue weighted by molar-refractivity contribution is -0.131. The van der Waals surface area contributed by atoms with Gasteiger partial charge in [0.15, 0.2) is 5.82 Å². The maximum atomic E-state index is 13.6. The van der Waals surface area contributed by atoms with Gasteiger partial charge in [0.05, 0.1) is 75.8 Å². The lowest BCUT2D eigenvalue weighted by atomic mass is 10.1. The van der Waals surface area contributed by atoms with Crippen LogP contribution in [0.1, 0.15) is 118 Å². The van der Waals surface area contributed by atoms with Gasteiger partial charge in [-0.2, -0.15) is 10.2 Å². The average Bonchev–Trinajstić information content (AvgIpc) is 1.84. The Labute approximate surface area is 755 Å². The van der Waals surface area contributed by atoms with Crippen molar-refractivity contribution in [3.8, 4) is 23.0 Å². The summed E-state index contributed by atoms with van der Waals surface area (Å²) in [6.07, 6.45) is 8.98. The van der Waals surface area contributed by atoms with Gasteiger partial charge in [-0.05, 0) is 125 Å². The quantitative estimate of drug-likeness (QED) is 0.0698. The summed E-state index contributed by atoms with van der Waals surface area (Å²) in [6, 6.07) is 50.8. The molecule has 0 unspecified atom stereocenters. The number of halogens is 4. The molecule has 0 saturated carbocycles. The van der Waals surface area contributed by atoms with Crippen molar-refractivity contribution >= 4 is 105 Å². The number of carbonyl (C=O) groups is 8. The Morgan fingerprint density at radius 1 is 0.408 bits per heavy atom. The summed E-state index contributed by atoms with van der Waals surface area (Å²) in [5, 5.41) is 49.2. The Hall–Kier alpha value is -15.2. The van der Waals surface area contributed by atoms with Crippen LogP contribution in [-0.4, -0.2) is 190 Å². The molecule has 0 aliphatic carbocycles. The van der Waals surface area contributed by atoms with Crippen molar-refractivity contribution in [3.05, 3.63) is 314 Å². The van der Waals surface area contributed by atoms with Crippen molar-refractivity contribution in [2.24, 2.45) is 0 Å². The molecule has 4 aliphatic heterocycles. The summed E-state index contributed by atoms with van der Waals surface area (Å²) in [6.45, 7) is 7.47. The smallest absolute Gasteiger partial charge is 0.260 e. The number of rotatable bonds is 21. The van der Waals surface area contributed by atoms with Crippen molar-refractivity contribution < 1.29 is 75.0 Å². The molecular formula is C90H81Cl3FN21O15. The molecule has 0 fully saturated rings. The number of aromatic nitrogens is 13. The van der Waals surface area contributed by atoms with Gasteiger partial charge in [-0.15, -0.1) is 40.8 Å². The highest BCUT2D eigenvalue weighted by Gasteiger charge is 2.37. The van der Waals surface area contributed by atoms with E-state index in [0.29, 0.717) is 124 Å². The van der Waals surface area contributed by atoms with E-state index in [2.05, 4.69) is 56.0 Å². The van der Waals surface area contributed by atoms with Gasteiger partial charge in [0.1, 0.15) is 57.6 Å². The van der Waals surface area contributed by atoms with Crippen LogP contribution >= 0.6 is 34.8 Å². The molecule has 4 aliphatic rings. The summed E-state index contributed by atoms with van der Waals surface area (Å²) in [5.74, 6) is 2.07. The van der Waals surface area contributed by atoms with Crippen LogP contribution in [0.4, 0.5) is 27.1 Å². The van der Waals surface area contributed by atoms with E-state index in [1.165, 1.54) is 44.0 Å². The van der Waals surface area contributed by atoms with E-state index >= 15 is 0 Å². The molecule has 7 aromatic heterocycles. The molecule has 36 nitrogen and oxygen atoms in total. The topological polar surface area (TPSA) is 405 Å². The van der Waals surface area contributed by atoms with Gasteiger partial charge in [0.2, 0.25) is 70.8 Å². The summed E-state index contributed by atoms with van der Waals surface area (Å²) < 4.78 is 48.0. The first-order valence-corrected chi connectivity index (χ1v) is 41.8. The van der Waals surface area contributed by atoms with Gasteiger partial charge >= 0.3 is 0 Å². The van der Waals surface area contributed by atoms with Crippen molar-refractivity contribution in [2.45, 2.75) is 86.5 Å². The molecule has 14 aromatic rings. The van der Waals surface area contributed by atoms with Gasteiger partial charge in [0.25, 0.3) is 23.6 Å². The highest BCUT2D eigenvalue weighted by Crippen LogP contribution is 2.36. The second kappa shape index (κ2) is 41.0. The van der Waals surface area contributed by atoms with Crippen LogP contribution in [-0.2, 0) is 78.0 Å².